The lowest BCUT2D eigenvalue weighted by Gasteiger charge is -2.11. The minimum Gasteiger partial charge on any atom is -0.118 e. The van der Waals surface area contributed by atoms with E-state index in [0.717, 1.165) is 5.92 Å². The normalized spacial score (nSPS) is 26.4. The highest BCUT2D eigenvalue weighted by molar-refractivity contribution is 6.21. The van der Waals surface area contributed by atoms with Gasteiger partial charge >= 0.3 is 0 Å². The average Bonchev–Trinajstić information content (AvgIpc) is 2.30. The summed E-state index contributed by atoms with van der Waals surface area (Å²) in [5.74, 6) is 0.827. The number of halogens is 1. The second-order valence-corrected chi connectivity index (χ2v) is 4.86. The van der Waals surface area contributed by atoms with E-state index >= 15 is 0 Å². The van der Waals surface area contributed by atoms with Crippen LogP contribution >= 0.6 is 11.6 Å². The molecule has 0 amide bonds. The second kappa shape index (κ2) is 5.70. The number of allylic oxidation sites excluding steroid dienone is 2. The van der Waals surface area contributed by atoms with Gasteiger partial charge in [-0.3, -0.25) is 0 Å². The molecule has 76 valence electrons. The molecule has 0 aliphatic heterocycles. The fourth-order valence-electron chi connectivity index (χ4n) is 1.88. The van der Waals surface area contributed by atoms with Crippen molar-refractivity contribution in [3.63, 3.8) is 0 Å². The van der Waals surface area contributed by atoms with E-state index in [2.05, 4.69) is 19.9 Å². The van der Waals surface area contributed by atoms with Crippen molar-refractivity contribution in [3.05, 3.63) is 11.6 Å². The summed E-state index contributed by atoms with van der Waals surface area (Å²) >= 11 is 6.17. The molecule has 0 saturated heterocycles. The van der Waals surface area contributed by atoms with E-state index < -0.39 is 0 Å². The molecule has 2 unspecified atom stereocenters. The maximum atomic E-state index is 6.17. The predicted molar refractivity (Wildman–Crippen MR) is 60.3 cm³/mol. The van der Waals surface area contributed by atoms with E-state index in [1.807, 2.05) is 0 Å². The molecule has 0 nitrogen and oxygen atoms in total. The van der Waals surface area contributed by atoms with Crippen LogP contribution in [-0.2, 0) is 0 Å². The lowest BCUT2D eigenvalue weighted by Crippen LogP contribution is -1.97. The minimum atomic E-state index is 0.307. The molecule has 0 aromatic carbocycles. The maximum Gasteiger partial charge on any atom is 0.0518 e. The van der Waals surface area contributed by atoms with Gasteiger partial charge in [-0.25, -0.2) is 0 Å². The Morgan fingerprint density at radius 3 is 3.00 bits per heavy atom. The van der Waals surface area contributed by atoms with E-state index in [1.54, 1.807) is 5.57 Å². The lowest BCUT2D eigenvalue weighted by atomic mass is 9.96. The van der Waals surface area contributed by atoms with Crippen LogP contribution in [0.3, 0.4) is 0 Å². The van der Waals surface area contributed by atoms with Gasteiger partial charge in [-0.2, -0.15) is 0 Å². The third-order valence-corrected chi connectivity index (χ3v) is 3.30. The number of hydrogen-bond acceptors (Lipinski definition) is 0. The summed E-state index contributed by atoms with van der Waals surface area (Å²) in [7, 11) is 0. The minimum absolute atomic E-state index is 0.307. The van der Waals surface area contributed by atoms with E-state index in [9.17, 15) is 0 Å². The van der Waals surface area contributed by atoms with Gasteiger partial charge in [-0.05, 0) is 31.6 Å². The fourth-order valence-corrected chi connectivity index (χ4v) is 2.21. The van der Waals surface area contributed by atoms with Gasteiger partial charge in [0, 0.05) is 0 Å². The van der Waals surface area contributed by atoms with Crippen LogP contribution in [-0.4, -0.2) is 5.38 Å². The molecule has 0 N–H and O–H groups in total. The van der Waals surface area contributed by atoms with Gasteiger partial charge in [0.25, 0.3) is 0 Å². The first-order valence-corrected chi connectivity index (χ1v) is 5.99. The van der Waals surface area contributed by atoms with E-state index in [0.29, 0.717) is 5.38 Å². The first-order chi connectivity index (χ1) is 6.22. The molecule has 1 aliphatic carbocycles. The molecular weight excluding hydrogens is 180 g/mol. The van der Waals surface area contributed by atoms with Crippen LogP contribution in [0, 0.1) is 5.92 Å². The summed E-state index contributed by atoms with van der Waals surface area (Å²) in [6, 6.07) is 0. The van der Waals surface area contributed by atoms with Gasteiger partial charge in [-0.15, -0.1) is 11.6 Å². The predicted octanol–water partition coefficient (Wildman–Crippen LogP) is 4.53. The topological polar surface area (TPSA) is 0 Å². The van der Waals surface area contributed by atoms with E-state index in [-0.39, 0.29) is 0 Å². The van der Waals surface area contributed by atoms with Crippen molar-refractivity contribution in [3.8, 4) is 0 Å². The summed E-state index contributed by atoms with van der Waals surface area (Å²) < 4.78 is 0. The number of hydrogen-bond donors (Lipinski definition) is 0. The average molecular weight is 201 g/mol. The van der Waals surface area contributed by atoms with Crippen LogP contribution in [0.4, 0.5) is 0 Å². The molecule has 1 heteroatoms. The summed E-state index contributed by atoms with van der Waals surface area (Å²) in [6.07, 6.45) is 9.95. The molecule has 2 atom stereocenters. The first-order valence-electron chi connectivity index (χ1n) is 5.56. The van der Waals surface area contributed by atoms with Gasteiger partial charge in [-0.1, -0.05) is 38.3 Å². The van der Waals surface area contributed by atoms with Crippen molar-refractivity contribution in [1.29, 1.82) is 0 Å². The summed E-state index contributed by atoms with van der Waals surface area (Å²) in [5, 5.41) is 0.307. The van der Waals surface area contributed by atoms with Crippen molar-refractivity contribution in [2.45, 2.75) is 57.7 Å². The molecule has 0 aromatic rings. The number of rotatable bonds is 3. The van der Waals surface area contributed by atoms with Crippen LogP contribution in [0.15, 0.2) is 11.6 Å². The van der Waals surface area contributed by atoms with Crippen LogP contribution in [0.5, 0.6) is 0 Å². The van der Waals surface area contributed by atoms with Crippen LogP contribution in [0.2, 0.25) is 0 Å². The molecular formula is C12H21Cl. The van der Waals surface area contributed by atoms with E-state index in [4.69, 9.17) is 11.6 Å². The Kier molecular flexibility index (Phi) is 4.87. The highest BCUT2D eigenvalue weighted by Crippen LogP contribution is 2.26. The Bertz CT molecular complexity index is 172. The van der Waals surface area contributed by atoms with Crippen LogP contribution in [0.1, 0.15) is 52.4 Å². The molecule has 13 heavy (non-hydrogen) atoms. The molecule has 0 bridgehead atoms. The zero-order chi connectivity index (χ0) is 9.68. The molecule has 1 rings (SSSR count). The Hall–Kier alpha value is 0.0300. The number of alkyl halides is 1. The summed E-state index contributed by atoms with van der Waals surface area (Å²) in [6.45, 7) is 4.59. The van der Waals surface area contributed by atoms with Gasteiger partial charge in [0.05, 0.1) is 5.38 Å². The van der Waals surface area contributed by atoms with Gasteiger partial charge in [0.1, 0.15) is 0 Å². The standard InChI is InChI=1S/C12H21Cl/c1-3-10(2)8-11-6-4-5-7-12(13)9-11/h9-10,12H,3-8H2,1-2H3. The second-order valence-electron chi connectivity index (χ2n) is 4.30. The summed E-state index contributed by atoms with van der Waals surface area (Å²) in [4.78, 5) is 0. The van der Waals surface area contributed by atoms with Crippen molar-refractivity contribution < 1.29 is 0 Å². The van der Waals surface area contributed by atoms with Crippen LogP contribution in [0.25, 0.3) is 0 Å². The lowest BCUT2D eigenvalue weighted by molar-refractivity contribution is 0.544. The third kappa shape index (κ3) is 4.17. The molecule has 0 saturated carbocycles. The SMILES string of the molecule is CCC(C)CC1=CC(Cl)CCCC1. The molecule has 1 aliphatic rings. The summed E-state index contributed by atoms with van der Waals surface area (Å²) in [5.41, 5.74) is 1.60. The third-order valence-electron chi connectivity index (χ3n) is 2.95. The smallest absolute Gasteiger partial charge is 0.0518 e. The highest BCUT2D eigenvalue weighted by Gasteiger charge is 2.11. The van der Waals surface area contributed by atoms with Crippen LogP contribution < -0.4 is 0 Å². The molecule has 0 spiro atoms. The molecule has 0 radical (unpaired) electrons. The van der Waals surface area contributed by atoms with Gasteiger partial charge in [0.2, 0.25) is 0 Å². The van der Waals surface area contributed by atoms with Crippen molar-refractivity contribution >= 4 is 11.6 Å². The van der Waals surface area contributed by atoms with Gasteiger partial charge < -0.3 is 0 Å². The Morgan fingerprint density at radius 1 is 1.54 bits per heavy atom. The van der Waals surface area contributed by atoms with Crippen molar-refractivity contribution in [1.82, 2.24) is 0 Å². The first kappa shape index (κ1) is 11.1. The van der Waals surface area contributed by atoms with E-state index in [1.165, 1.54) is 38.5 Å². The Balaban J connectivity index is 2.45. The zero-order valence-corrected chi connectivity index (χ0v) is 9.61. The maximum absolute atomic E-state index is 6.17. The molecule has 0 aromatic heterocycles. The van der Waals surface area contributed by atoms with Gasteiger partial charge in [0.15, 0.2) is 0 Å². The molecule has 0 heterocycles. The Labute approximate surface area is 87.4 Å². The zero-order valence-electron chi connectivity index (χ0n) is 8.85. The fraction of sp³-hybridized carbons (Fsp3) is 0.833. The van der Waals surface area contributed by atoms with Crippen molar-refractivity contribution in [2.75, 3.05) is 0 Å². The Morgan fingerprint density at radius 2 is 2.31 bits per heavy atom. The monoisotopic (exact) mass is 200 g/mol. The molecule has 0 fully saturated rings. The quantitative estimate of drug-likeness (QED) is 0.464. The largest absolute Gasteiger partial charge is 0.118 e. The highest BCUT2D eigenvalue weighted by atomic mass is 35.5. The van der Waals surface area contributed by atoms with Crippen molar-refractivity contribution in [2.24, 2.45) is 5.92 Å².